The minimum Gasteiger partial charge on any atom is -0.450 e. The zero-order chi connectivity index (χ0) is 11.4. The van der Waals surface area contributed by atoms with Gasteiger partial charge in [-0.3, -0.25) is 0 Å². The normalized spacial score (nSPS) is 10.5. The Bertz CT molecular complexity index is 490. The van der Waals surface area contributed by atoms with Crippen LogP contribution in [0.15, 0.2) is 30.5 Å². The summed E-state index contributed by atoms with van der Waals surface area (Å²) < 4.78 is 4.67. The number of benzene rings is 1. The third kappa shape index (κ3) is 2.53. The van der Waals surface area contributed by atoms with Crippen molar-refractivity contribution in [1.82, 2.24) is 4.98 Å². The highest BCUT2D eigenvalue weighted by molar-refractivity contribution is 5.79. The summed E-state index contributed by atoms with van der Waals surface area (Å²) in [6.45, 7) is 0.373. The minimum atomic E-state index is -0.708. The van der Waals surface area contributed by atoms with Crippen LogP contribution in [-0.2, 0) is 11.2 Å². The van der Waals surface area contributed by atoms with Crippen molar-refractivity contribution < 1.29 is 9.53 Å². The second-order valence-corrected chi connectivity index (χ2v) is 3.67. The number of hydrogen-bond donors (Lipinski definition) is 2. The Morgan fingerprint density at radius 1 is 1.38 bits per heavy atom. The van der Waals surface area contributed by atoms with E-state index in [9.17, 15) is 4.79 Å². The van der Waals surface area contributed by atoms with Gasteiger partial charge in [0.15, 0.2) is 0 Å². The van der Waals surface area contributed by atoms with Crippen LogP contribution in [0.1, 0.15) is 12.0 Å². The number of nitrogens with two attached hydrogens (primary N) is 1. The van der Waals surface area contributed by atoms with E-state index in [0.29, 0.717) is 6.61 Å². The van der Waals surface area contributed by atoms with Gasteiger partial charge in [0.25, 0.3) is 0 Å². The molecule has 1 aromatic carbocycles. The second-order valence-electron chi connectivity index (χ2n) is 3.67. The summed E-state index contributed by atoms with van der Waals surface area (Å²) in [5.74, 6) is 0. The van der Waals surface area contributed by atoms with Crippen molar-refractivity contribution in [2.75, 3.05) is 6.61 Å². The quantitative estimate of drug-likeness (QED) is 0.772. The van der Waals surface area contributed by atoms with E-state index in [4.69, 9.17) is 5.73 Å². The third-order valence-electron chi connectivity index (χ3n) is 2.47. The Morgan fingerprint density at radius 3 is 3.06 bits per heavy atom. The summed E-state index contributed by atoms with van der Waals surface area (Å²) in [7, 11) is 0. The average molecular weight is 218 g/mol. The summed E-state index contributed by atoms with van der Waals surface area (Å²) >= 11 is 0. The molecule has 0 saturated carbocycles. The number of aromatic nitrogens is 1. The van der Waals surface area contributed by atoms with E-state index < -0.39 is 6.09 Å². The van der Waals surface area contributed by atoms with Gasteiger partial charge in [-0.25, -0.2) is 4.79 Å². The van der Waals surface area contributed by atoms with Gasteiger partial charge in [-0.2, -0.15) is 0 Å². The number of carbonyl (C=O) groups is 1. The summed E-state index contributed by atoms with van der Waals surface area (Å²) in [5, 5.41) is 1.21. The molecule has 0 unspecified atom stereocenters. The molecule has 0 saturated heterocycles. The molecule has 0 aliphatic heterocycles. The first-order chi connectivity index (χ1) is 7.75. The number of fused-ring (bicyclic) bond motifs is 1. The molecule has 0 bridgehead atoms. The highest BCUT2D eigenvalue weighted by Crippen LogP contribution is 2.15. The van der Waals surface area contributed by atoms with E-state index in [0.717, 1.165) is 18.4 Å². The number of nitrogens with one attached hydrogen (secondary N) is 1. The van der Waals surface area contributed by atoms with Crippen LogP contribution in [0.25, 0.3) is 10.9 Å². The fourth-order valence-electron chi connectivity index (χ4n) is 1.70. The van der Waals surface area contributed by atoms with Crippen molar-refractivity contribution in [3.05, 3.63) is 36.0 Å². The topological polar surface area (TPSA) is 68.1 Å². The molecule has 1 aromatic heterocycles. The predicted octanol–water partition coefficient (Wildman–Crippen LogP) is 2.20. The first kappa shape index (κ1) is 10.5. The maximum atomic E-state index is 10.3. The lowest BCUT2D eigenvalue weighted by atomic mass is 10.1. The van der Waals surface area contributed by atoms with E-state index in [1.165, 1.54) is 10.9 Å². The second kappa shape index (κ2) is 4.70. The molecule has 84 valence electrons. The average Bonchev–Trinajstić information content (AvgIpc) is 2.71. The molecule has 0 radical (unpaired) electrons. The molecule has 0 atom stereocenters. The van der Waals surface area contributed by atoms with Crippen LogP contribution in [0.2, 0.25) is 0 Å². The first-order valence-electron chi connectivity index (χ1n) is 5.24. The third-order valence-corrected chi connectivity index (χ3v) is 2.47. The molecular formula is C12H14N2O2. The molecule has 2 rings (SSSR count). The van der Waals surface area contributed by atoms with E-state index in [1.54, 1.807) is 0 Å². The van der Waals surface area contributed by atoms with E-state index in [-0.39, 0.29) is 0 Å². The minimum absolute atomic E-state index is 0.373. The molecule has 1 heterocycles. The van der Waals surface area contributed by atoms with Gasteiger partial charge in [0.1, 0.15) is 0 Å². The van der Waals surface area contributed by atoms with Gasteiger partial charge in [-0.1, -0.05) is 12.1 Å². The van der Waals surface area contributed by atoms with E-state index in [1.807, 2.05) is 12.3 Å². The lowest BCUT2D eigenvalue weighted by molar-refractivity contribution is 0.155. The lowest BCUT2D eigenvalue weighted by Crippen LogP contribution is -2.13. The van der Waals surface area contributed by atoms with Gasteiger partial charge in [-0.15, -0.1) is 0 Å². The monoisotopic (exact) mass is 218 g/mol. The molecule has 1 amide bonds. The van der Waals surface area contributed by atoms with Gasteiger partial charge in [0, 0.05) is 11.7 Å². The molecule has 0 aliphatic carbocycles. The summed E-state index contributed by atoms with van der Waals surface area (Å²) in [6, 6.07) is 8.31. The van der Waals surface area contributed by atoms with Gasteiger partial charge in [0.2, 0.25) is 0 Å². The molecule has 0 fully saturated rings. The SMILES string of the molecule is NC(=O)OCCCc1ccc2cc[nH]c2c1. The van der Waals surface area contributed by atoms with Crippen molar-refractivity contribution in [3.63, 3.8) is 0 Å². The van der Waals surface area contributed by atoms with Crippen molar-refractivity contribution in [3.8, 4) is 0 Å². The number of ether oxygens (including phenoxy) is 1. The number of carbonyl (C=O) groups excluding carboxylic acids is 1. The highest BCUT2D eigenvalue weighted by Gasteiger charge is 1.98. The van der Waals surface area contributed by atoms with E-state index >= 15 is 0 Å². The first-order valence-corrected chi connectivity index (χ1v) is 5.24. The molecule has 3 N–H and O–H groups in total. The highest BCUT2D eigenvalue weighted by atomic mass is 16.5. The Morgan fingerprint density at radius 2 is 2.25 bits per heavy atom. The van der Waals surface area contributed by atoms with Crippen LogP contribution in [0.5, 0.6) is 0 Å². The maximum absolute atomic E-state index is 10.3. The Hall–Kier alpha value is -1.97. The number of aromatic amines is 1. The molecule has 0 aliphatic rings. The summed E-state index contributed by atoms with van der Waals surface area (Å²) in [4.78, 5) is 13.5. The number of rotatable bonds is 4. The zero-order valence-electron chi connectivity index (χ0n) is 8.90. The molecule has 2 aromatic rings. The summed E-state index contributed by atoms with van der Waals surface area (Å²) in [6.07, 6.45) is 2.88. The smallest absolute Gasteiger partial charge is 0.404 e. The van der Waals surface area contributed by atoms with Gasteiger partial charge < -0.3 is 15.5 Å². The lowest BCUT2D eigenvalue weighted by Gasteiger charge is -2.02. The Balaban J connectivity index is 1.91. The van der Waals surface area contributed by atoms with Gasteiger partial charge in [0.05, 0.1) is 6.61 Å². The number of amides is 1. The van der Waals surface area contributed by atoms with Crippen molar-refractivity contribution in [1.29, 1.82) is 0 Å². The number of primary amides is 1. The zero-order valence-corrected chi connectivity index (χ0v) is 8.90. The fourth-order valence-corrected chi connectivity index (χ4v) is 1.70. The molecule has 4 heteroatoms. The van der Waals surface area contributed by atoms with Crippen LogP contribution in [0.4, 0.5) is 4.79 Å². The van der Waals surface area contributed by atoms with Crippen LogP contribution in [0.3, 0.4) is 0 Å². The largest absolute Gasteiger partial charge is 0.450 e. The molecule has 0 spiro atoms. The number of H-pyrrole nitrogens is 1. The van der Waals surface area contributed by atoms with Gasteiger partial charge in [-0.05, 0) is 35.9 Å². The standard InChI is InChI=1S/C12H14N2O2/c13-12(15)16-7-1-2-9-3-4-10-5-6-14-11(10)8-9/h3-6,8,14H,1-2,7H2,(H2,13,15). The summed E-state index contributed by atoms with van der Waals surface area (Å²) in [5.41, 5.74) is 7.22. The van der Waals surface area contributed by atoms with E-state index in [2.05, 4.69) is 27.9 Å². The maximum Gasteiger partial charge on any atom is 0.404 e. The predicted molar refractivity (Wildman–Crippen MR) is 62.2 cm³/mol. The van der Waals surface area contributed by atoms with Crippen molar-refractivity contribution in [2.45, 2.75) is 12.8 Å². The molecular weight excluding hydrogens is 204 g/mol. The Kier molecular flexibility index (Phi) is 3.10. The number of aryl methyl sites for hydroxylation is 1. The van der Waals surface area contributed by atoms with Crippen LogP contribution < -0.4 is 5.73 Å². The van der Waals surface area contributed by atoms with Crippen LogP contribution >= 0.6 is 0 Å². The fraction of sp³-hybridized carbons (Fsp3) is 0.250. The Labute approximate surface area is 93.4 Å². The number of hydrogen-bond acceptors (Lipinski definition) is 2. The molecule has 4 nitrogen and oxygen atoms in total. The van der Waals surface area contributed by atoms with Crippen molar-refractivity contribution in [2.24, 2.45) is 5.73 Å². The van der Waals surface area contributed by atoms with Crippen LogP contribution in [0, 0.1) is 0 Å². The van der Waals surface area contributed by atoms with Crippen molar-refractivity contribution >= 4 is 17.0 Å². The van der Waals surface area contributed by atoms with Gasteiger partial charge >= 0.3 is 6.09 Å². The van der Waals surface area contributed by atoms with Crippen LogP contribution in [-0.4, -0.2) is 17.7 Å². The molecule has 16 heavy (non-hydrogen) atoms.